The Bertz CT molecular complexity index is 930. The molecule has 4 heteroatoms. The molecule has 134 valence electrons. The SMILES string of the molecule is Cc1c(Cl)cccc1C1(Nc2ccc3cccnc3c2)CCN(C)CC1. The van der Waals surface area contributed by atoms with E-state index >= 15 is 0 Å². The summed E-state index contributed by atoms with van der Waals surface area (Å²) in [4.78, 5) is 6.90. The summed E-state index contributed by atoms with van der Waals surface area (Å²) in [7, 11) is 2.19. The number of nitrogens with zero attached hydrogens (tertiary/aromatic N) is 2. The summed E-state index contributed by atoms with van der Waals surface area (Å²) in [6.45, 7) is 4.25. The van der Waals surface area contributed by atoms with Gasteiger partial charge in [0.25, 0.3) is 0 Å². The van der Waals surface area contributed by atoms with Crippen molar-refractivity contribution < 1.29 is 0 Å². The average Bonchev–Trinajstić information content (AvgIpc) is 2.66. The molecule has 0 saturated carbocycles. The molecule has 2 heterocycles. The molecule has 0 aliphatic carbocycles. The number of halogens is 1. The Kier molecular flexibility index (Phi) is 4.60. The zero-order valence-electron chi connectivity index (χ0n) is 15.3. The minimum Gasteiger partial charge on any atom is -0.375 e. The lowest BCUT2D eigenvalue weighted by Crippen LogP contribution is -2.46. The first-order valence-electron chi connectivity index (χ1n) is 9.14. The van der Waals surface area contributed by atoms with E-state index in [2.05, 4.69) is 65.6 Å². The molecule has 1 N–H and O–H groups in total. The van der Waals surface area contributed by atoms with Crippen molar-refractivity contribution >= 4 is 28.2 Å². The number of fused-ring (bicyclic) bond motifs is 1. The molecule has 0 radical (unpaired) electrons. The normalized spacial score (nSPS) is 17.3. The third-order valence-electron chi connectivity index (χ3n) is 5.61. The molecule has 0 bridgehead atoms. The summed E-state index contributed by atoms with van der Waals surface area (Å²) in [5, 5.41) is 5.86. The Hall–Kier alpha value is -2.10. The summed E-state index contributed by atoms with van der Waals surface area (Å²) in [6.07, 6.45) is 3.94. The predicted octanol–water partition coefficient (Wildman–Crippen LogP) is 5.23. The maximum absolute atomic E-state index is 6.46. The smallest absolute Gasteiger partial charge is 0.0722 e. The monoisotopic (exact) mass is 365 g/mol. The molecule has 0 amide bonds. The van der Waals surface area contributed by atoms with Gasteiger partial charge in [-0.2, -0.15) is 0 Å². The standard InChI is InChI=1S/C22H24ClN3/c1-16-19(6-3-7-20(16)23)22(10-13-26(2)14-11-22)25-18-9-8-17-5-4-12-24-21(17)15-18/h3-9,12,15,25H,10-11,13-14H2,1-2H3. The number of pyridine rings is 1. The van der Waals surface area contributed by atoms with Crippen LogP contribution in [0.25, 0.3) is 10.9 Å². The van der Waals surface area contributed by atoms with Crippen LogP contribution < -0.4 is 5.32 Å². The van der Waals surface area contributed by atoms with Gasteiger partial charge in [-0.1, -0.05) is 35.9 Å². The molecule has 26 heavy (non-hydrogen) atoms. The first-order valence-corrected chi connectivity index (χ1v) is 9.52. The Labute approximate surface area is 160 Å². The minimum absolute atomic E-state index is 0.107. The topological polar surface area (TPSA) is 28.2 Å². The van der Waals surface area contributed by atoms with Gasteiger partial charge in [0.1, 0.15) is 0 Å². The summed E-state index contributed by atoms with van der Waals surface area (Å²) in [6, 6.07) is 16.8. The minimum atomic E-state index is -0.107. The van der Waals surface area contributed by atoms with E-state index in [9.17, 15) is 0 Å². The molecule has 3 nitrogen and oxygen atoms in total. The van der Waals surface area contributed by atoms with Gasteiger partial charge >= 0.3 is 0 Å². The van der Waals surface area contributed by atoms with Crippen LogP contribution in [0.1, 0.15) is 24.0 Å². The number of benzene rings is 2. The number of anilines is 1. The third kappa shape index (κ3) is 3.17. The van der Waals surface area contributed by atoms with Crippen LogP contribution >= 0.6 is 11.6 Å². The van der Waals surface area contributed by atoms with Gasteiger partial charge in [-0.25, -0.2) is 0 Å². The summed E-state index contributed by atoms with van der Waals surface area (Å²) in [5.74, 6) is 0. The van der Waals surface area contributed by atoms with E-state index < -0.39 is 0 Å². The van der Waals surface area contributed by atoms with Crippen LogP contribution in [0.5, 0.6) is 0 Å². The van der Waals surface area contributed by atoms with E-state index in [4.69, 9.17) is 11.6 Å². The van der Waals surface area contributed by atoms with Crippen LogP contribution in [0, 0.1) is 6.92 Å². The van der Waals surface area contributed by atoms with E-state index in [0.717, 1.165) is 47.5 Å². The van der Waals surface area contributed by atoms with Gasteiger partial charge in [0.05, 0.1) is 11.1 Å². The highest BCUT2D eigenvalue weighted by atomic mass is 35.5. The third-order valence-corrected chi connectivity index (χ3v) is 6.02. The largest absolute Gasteiger partial charge is 0.375 e. The number of hydrogen-bond acceptors (Lipinski definition) is 3. The van der Waals surface area contributed by atoms with Crippen molar-refractivity contribution in [3.8, 4) is 0 Å². The zero-order valence-corrected chi connectivity index (χ0v) is 16.1. The van der Waals surface area contributed by atoms with E-state index in [0.29, 0.717) is 0 Å². The van der Waals surface area contributed by atoms with Gasteiger partial charge in [0.15, 0.2) is 0 Å². The zero-order chi connectivity index (χ0) is 18.1. The van der Waals surface area contributed by atoms with Crippen LogP contribution in [0.4, 0.5) is 5.69 Å². The molecule has 1 aliphatic rings. The molecule has 1 saturated heterocycles. The fourth-order valence-corrected chi connectivity index (χ4v) is 4.18. The number of likely N-dealkylation sites (tertiary alicyclic amines) is 1. The number of rotatable bonds is 3. The van der Waals surface area contributed by atoms with E-state index in [-0.39, 0.29) is 5.54 Å². The van der Waals surface area contributed by atoms with E-state index in [1.165, 1.54) is 11.1 Å². The fourth-order valence-electron chi connectivity index (χ4n) is 4.01. The Morgan fingerprint density at radius 3 is 2.69 bits per heavy atom. The van der Waals surface area contributed by atoms with Crippen molar-refractivity contribution in [3.63, 3.8) is 0 Å². The highest BCUT2D eigenvalue weighted by molar-refractivity contribution is 6.31. The Morgan fingerprint density at radius 1 is 1.08 bits per heavy atom. The second-order valence-corrected chi connectivity index (χ2v) is 7.74. The van der Waals surface area contributed by atoms with Crippen molar-refractivity contribution in [1.82, 2.24) is 9.88 Å². The molecule has 0 atom stereocenters. The molecule has 3 aromatic rings. The number of hydrogen-bond donors (Lipinski definition) is 1. The molecule has 4 rings (SSSR count). The molecule has 1 fully saturated rings. The molecular formula is C22H24ClN3. The lowest BCUT2D eigenvalue weighted by atomic mass is 9.78. The molecule has 1 aliphatic heterocycles. The van der Waals surface area contributed by atoms with E-state index in [1.807, 2.05) is 18.3 Å². The van der Waals surface area contributed by atoms with Crippen molar-refractivity contribution in [3.05, 3.63) is 70.9 Å². The molecule has 2 aromatic carbocycles. The van der Waals surface area contributed by atoms with Crippen LogP contribution in [0.2, 0.25) is 5.02 Å². The number of nitrogens with one attached hydrogen (secondary N) is 1. The van der Waals surface area contributed by atoms with Gasteiger partial charge in [-0.05, 0) is 62.2 Å². The first kappa shape index (κ1) is 17.3. The molecule has 0 spiro atoms. The van der Waals surface area contributed by atoms with Gasteiger partial charge in [-0.3, -0.25) is 4.98 Å². The Balaban J connectivity index is 1.76. The van der Waals surface area contributed by atoms with Gasteiger partial charge < -0.3 is 10.2 Å². The molecular weight excluding hydrogens is 342 g/mol. The van der Waals surface area contributed by atoms with Crippen LogP contribution in [-0.4, -0.2) is 30.0 Å². The van der Waals surface area contributed by atoms with E-state index in [1.54, 1.807) is 0 Å². The first-order chi connectivity index (χ1) is 12.6. The summed E-state index contributed by atoms with van der Waals surface area (Å²) in [5.41, 5.74) is 4.50. The fraction of sp³-hybridized carbons (Fsp3) is 0.318. The lowest BCUT2D eigenvalue weighted by Gasteiger charge is -2.43. The van der Waals surface area contributed by atoms with Gasteiger partial charge in [-0.15, -0.1) is 0 Å². The molecule has 1 aromatic heterocycles. The van der Waals surface area contributed by atoms with Crippen LogP contribution in [0.15, 0.2) is 54.7 Å². The molecule has 0 unspecified atom stereocenters. The lowest BCUT2D eigenvalue weighted by molar-refractivity contribution is 0.205. The van der Waals surface area contributed by atoms with Crippen molar-refractivity contribution in [2.45, 2.75) is 25.3 Å². The van der Waals surface area contributed by atoms with Crippen molar-refractivity contribution in [2.75, 3.05) is 25.5 Å². The van der Waals surface area contributed by atoms with Crippen LogP contribution in [-0.2, 0) is 5.54 Å². The predicted molar refractivity (Wildman–Crippen MR) is 110 cm³/mol. The highest BCUT2D eigenvalue weighted by Gasteiger charge is 2.36. The summed E-state index contributed by atoms with van der Waals surface area (Å²) >= 11 is 6.46. The second kappa shape index (κ2) is 6.90. The quantitative estimate of drug-likeness (QED) is 0.688. The van der Waals surface area contributed by atoms with Gasteiger partial charge in [0, 0.05) is 35.4 Å². The van der Waals surface area contributed by atoms with Crippen LogP contribution in [0.3, 0.4) is 0 Å². The second-order valence-electron chi connectivity index (χ2n) is 7.33. The summed E-state index contributed by atoms with van der Waals surface area (Å²) < 4.78 is 0. The maximum atomic E-state index is 6.46. The Morgan fingerprint density at radius 2 is 1.88 bits per heavy atom. The highest BCUT2D eigenvalue weighted by Crippen LogP contribution is 2.39. The van der Waals surface area contributed by atoms with Gasteiger partial charge in [0.2, 0.25) is 0 Å². The number of aromatic nitrogens is 1. The van der Waals surface area contributed by atoms with Crippen molar-refractivity contribution in [1.29, 1.82) is 0 Å². The maximum Gasteiger partial charge on any atom is 0.0722 e. The average molecular weight is 366 g/mol. The number of piperidine rings is 1. The van der Waals surface area contributed by atoms with Crippen molar-refractivity contribution in [2.24, 2.45) is 0 Å².